The van der Waals surface area contributed by atoms with E-state index in [9.17, 15) is 8.42 Å². The first-order valence-electron chi connectivity index (χ1n) is 9.11. The lowest BCUT2D eigenvalue weighted by atomic mass is 10.1. The average Bonchev–Trinajstić information content (AvgIpc) is 2.56. The maximum atomic E-state index is 12.7. The lowest BCUT2D eigenvalue weighted by Gasteiger charge is -2.37. The molecule has 148 valence electrons. The zero-order valence-electron chi connectivity index (χ0n) is 15.5. The first-order valence-corrected chi connectivity index (χ1v) is 10.6. The van der Waals surface area contributed by atoms with E-state index in [0.29, 0.717) is 13.1 Å². The molecule has 1 aromatic rings. The van der Waals surface area contributed by atoms with E-state index in [-0.39, 0.29) is 30.7 Å². The highest BCUT2D eigenvalue weighted by atomic mass is 35.5. The maximum absolute atomic E-state index is 12.7. The van der Waals surface area contributed by atoms with Gasteiger partial charge in [0.05, 0.1) is 12.2 Å². The second-order valence-electron chi connectivity index (χ2n) is 7.23. The van der Waals surface area contributed by atoms with Crippen LogP contribution in [0.3, 0.4) is 0 Å². The standard InChI is InChI=1S/C18H29N3O3S.ClH/c1-15-12-21(13-16(2)24-15)25(22,23)19-18-8-10-20(11-9-18)14-17-6-4-3-5-7-17;/h3-7,15-16,18-19H,8-14H2,1-2H3;1H. The van der Waals surface area contributed by atoms with Crippen molar-refractivity contribution in [2.24, 2.45) is 0 Å². The van der Waals surface area contributed by atoms with Crippen LogP contribution >= 0.6 is 12.4 Å². The Morgan fingerprint density at radius 2 is 1.65 bits per heavy atom. The van der Waals surface area contributed by atoms with E-state index in [1.807, 2.05) is 19.9 Å². The van der Waals surface area contributed by atoms with Gasteiger partial charge in [-0.05, 0) is 32.3 Å². The normalized spacial score (nSPS) is 26.4. The van der Waals surface area contributed by atoms with Crippen LogP contribution in [0.25, 0.3) is 0 Å². The first-order chi connectivity index (χ1) is 11.9. The molecule has 8 heteroatoms. The van der Waals surface area contributed by atoms with Gasteiger partial charge in [0.2, 0.25) is 0 Å². The Hall–Kier alpha value is -0.700. The fourth-order valence-corrected chi connectivity index (χ4v) is 5.28. The number of halogens is 1. The van der Waals surface area contributed by atoms with Crippen molar-refractivity contribution in [2.75, 3.05) is 26.2 Å². The topological polar surface area (TPSA) is 61.9 Å². The molecule has 6 nitrogen and oxygen atoms in total. The summed E-state index contributed by atoms with van der Waals surface area (Å²) in [6.45, 7) is 7.44. The molecule has 0 bridgehead atoms. The van der Waals surface area contributed by atoms with E-state index >= 15 is 0 Å². The molecule has 26 heavy (non-hydrogen) atoms. The predicted octanol–water partition coefficient (Wildman–Crippen LogP) is 2.02. The summed E-state index contributed by atoms with van der Waals surface area (Å²) in [5.41, 5.74) is 1.30. The second-order valence-corrected chi connectivity index (χ2v) is 8.94. The molecule has 0 amide bonds. The minimum Gasteiger partial charge on any atom is -0.373 e. The Morgan fingerprint density at radius 3 is 2.23 bits per heavy atom. The van der Waals surface area contributed by atoms with Gasteiger partial charge in [-0.15, -0.1) is 12.4 Å². The van der Waals surface area contributed by atoms with Crippen molar-refractivity contribution in [3.63, 3.8) is 0 Å². The molecule has 2 aliphatic heterocycles. The van der Waals surface area contributed by atoms with Gasteiger partial charge < -0.3 is 4.74 Å². The summed E-state index contributed by atoms with van der Waals surface area (Å²) in [5, 5.41) is 0. The minimum absolute atomic E-state index is 0. The third-order valence-corrected chi connectivity index (χ3v) is 6.49. The number of nitrogens with zero attached hydrogens (tertiary/aromatic N) is 2. The van der Waals surface area contributed by atoms with Gasteiger partial charge in [0, 0.05) is 38.8 Å². The van der Waals surface area contributed by atoms with Crippen LogP contribution in [0.2, 0.25) is 0 Å². The van der Waals surface area contributed by atoms with Crippen LogP contribution in [-0.2, 0) is 21.5 Å². The summed E-state index contributed by atoms with van der Waals surface area (Å²) >= 11 is 0. The van der Waals surface area contributed by atoms with Crippen LogP contribution < -0.4 is 4.72 Å². The fraction of sp³-hybridized carbons (Fsp3) is 0.667. The largest absolute Gasteiger partial charge is 0.373 e. The van der Waals surface area contributed by atoms with Crippen LogP contribution in [-0.4, -0.2) is 62.1 Å². The van der Waals surface area contributed by atoms with E-state index in [2.05, 4.69) is 33.9 Å². The molecule has 2 atom stereocenters. The molecule has 2 fully saturated rings. The molecular weight excluding hydrogens is 374 g/mol. The number of benzene rings is 1. The molecule has 1 aromatic carbocycles. The molecule has 0 aliphatic carbocycles. The van der Waals surface area contributed by atoms with E-state index in [0.717, 1.165) is 32.5 Å². The lowest BCUT2D eigenvalue weighted by Crippen LogP contribution is -2.55. The van der Waals surface area contributed by atoms with Crippen LogP contribution in [0.1, 0.15) is 32.3 Å². The maximum Gasteiger partial charge on any atom is 0.279 e. The van der Waals surface area contributed by atoms with Crippen molar-refractivity contribution in [1.29, 1.82) is 0 Å². The molecule has 0 radical (unpaired) electrons. The van der Waals surface area contributed by atoms with Gasteiger partial charge in [-0.1, -0.05) is 30.3 Å². The van der Waals surface area contributed by atoms with E-state index < -0.39 is 10.2 Å². The zero-order valence-corrected chi connectivity index (χ0v) is 17.1. The Morgan fingerprint density at radius 1 is 1.08 bits per heavy atom. The third-order valence-electron chi connectivity index (χ3n) is 4.88. The number of morpholine rings is 1. The summed E-state index contributed by atoms with van der Waals surface area (Å²) in [6, 6.07) is 10.4. The third kappa shape index (κ3) is 5.90. The Kier molecular flexibility index (Phi) is 7.88. The quantitative estimate of drug-likeness (QED) is 0.817. The number of rotatable bonds is 5. The molecule has 2 saturated heterocycles. The van der Waals surface area contributed by atoms with Gasteiger partial charge >= 0.3 is 0 Å². The Labute approximate surface area is 163 Å². The van der Waals surface area contributed by atoms with Gasteiger partial charge in [0.1, 0.15) is 0 Å². The SMILES string of the molecule is CC1CN(S(=O)(=O)NC2CCN(Cc3ccccc3)CC2)CC(C)O1.Cl. The summed E-state index contributed by atoms with van der Waals surface area (Å²) in [5.74, 6) is 0. The minimum atomic E-state index is -3.44. The van der Waals surface area contributed by atoms with Crippen molar-refractivity contribution in [1.82, 2.24) is 13.9 Å². The number of hydrogen-bond donors (Lipinski definition) is 1. The van der Waals surface area contributed by atoms with Gasteiger partial charge in [-0.2, -0.15) is 17.4 Å². The van der Waals surface area contributed by atoms with Crippen LogP contribution in [0.15, 0.2) is 30.3 Å². The monoisotopic (exact) mass is 403 g/mol. The molecular formula is C18H30ClN3O3S. The van der Waals surface area contributed by atoms with Gasteiger partial charge in [-0.3, -0.25) is 4.90 Å². The van der Waals surface area contributed by atoms with Crippen molar-refractivity contribution >= 4 is 22.6 Å². The highest BCUT2D eigenvalue weighted by Crippen LogP contribution is 2.18. The van der Waals surface area contributed by atoms with Crippen LogP contribution in [0.5, 0.6) is 0 Å². The van der Waals surface area contributed by atoms with E-state index in [4.69, 9.17) is 4.74 Å². The van der Waals surface area contributed by atoms with Crippen LogP contribution in [0.4, 0.5) is 0 Å². The summed E-state index contributed by atoms with van der Waals surface area (Å²) < 4.78 is 35.4. The number of piperidine rings is 1. The van der Waals surface area contributed by atoms with E-state index in [1.54, 1.807) is 0 Å². The highest BCUT2D eigenvalue weighted by Gasteiger charge is 2.33. The molecule has 0 aromatic heterocycles. The van der Waals surface area contributed by atoms with Gasteiger partial charge in [0.15, 0.2) is 0 Å². The fourth-order valence-electron chi connectivity index (χ4n) is 3.66. The van der Waals surface area contributed by atoms with Crippen molar-refractivity contribution in [3.05, 3.63) is 35.9 Å². The van der Waals surface area contributed by atoms with Gasteiger partial charge in [0.25, 0.3) is 10.2 Å². The zero-order chi connectivity index (χ0) is 17.9. The summed E-state index contributed by atoms with van der Waals surface area (Å²) in [4.78, 5) is 2.39. The molecule has 1 N–H and O–H groups in total. The number of nitrogens with one attached hydrogen (secondary N) is 1. The molecule has 2 unspecified atom stereocenters. The van der Waals surface area contributed by atoms with Crippen molar-refractivity contribution in [2.45, 2.75) is 51.5 Å². The van der Waals surface area contributed by atoms with Crippen LogP contribution in [0, 0.1) is 0 Å². The Bertz CT molecular complexity index is 641. The number of ether oxygens (including phenoxy) is 1. The second kappa shape index (κ2) is 9.48. The van der Waals surface area contributed by atoms with Crippen molar-refractivity contribution in [3.8, 4) is 0 Å². The molecule has 0 spiro atoms. The summed E-state index contributed by atoms with van der Waals surface area (Å²) in [6.07, 6.45) is 1.57. The molecule has 3 rings (SSSR count). The molecule has 2 aliphatic rings. The van der Waals surface area contributed by atoms with E-state index in [1.165, 1.54) is 9.87 Å². The number of likely N-dealkylation sites (tertiary alicyclic amines) is 1. The number of hydrogen-bond acceptors (Lipinski definition) is 4. The molecule has 0 saturated carbocycles. The highest BCUT2D eigenvalue weighted by molar-refractivity contribution is 7.87. The smallest absolute Gasteiger partial charge is 0.279 e. The molecule has 2 heterocycles. The van der Waals surface area contributed by atoms with Crippen molar-refractivity contribution < 1.29 is 13.2 Å². The lowest BCUT2D eigenvalue weighted by molar-refractivity contribution is -0.0445. The Balaban J connectivity index is 0.00000243. The average molecular weight is 404 g/mol. The summed E-state index contributed by atoms with van der Waals surface area (Å²) in [7, 11) is -3.44. The first kappa shape index (κ1) is 21.6. The predicted molar refractivity (Wildman–Crippen MR) is 106 cm³/mol. The van der Waals surface area contributed by atoms with Gasteiger partial charge in [-0.25, -0.2) is 0 Å².